The predicted molar refractivity (Wildman–Crippen MR) is 110 cm³/mol. The summed E-state index contributed by atoms with van der Waals surface area (Å²) < 4.78 is 97.6. The minimum absolute atomic E-state index is 0.0433. The summed E-state index contributed by atoms with van der Waals surface area (Å²) in [5, 5.41) is 9.65. The third kappa shape index (κ3) is 13.4. The first kappa shape index (κ1) is 33.8. The number of phosphoric acid groups is 5. The molecule has 7 N–H and O–H groups in total. The zero-order valence-electron chi connectivity index (χ0n) is 17.7. The van der Waals surface area contributed by atoms with Gasteiger partial charge in [0.05, 0.1) is 25.0 Å². The van der Waals surface area contributed by atoms with E-state index in [2.05, 4.69) is 26.1 Å². The van der Waals surface area contributed by atoms with Crippen molar-refractivity contribution in [3.8, 4) is 0 Å². The molecule has 0 aromatic carbocycles. The molecule has 35 heavy (non-hydrogen) atoms. The number of aliphatic hydroxyl groups is 1. The average Bonchev–Trinajstić information content (AvgIpc) is 2.84. The summed E-state index contributed by atoms with van der Waals surface area (Å²) in [6.45, 7) is 2.09. The number of hydrogen-bond acceptors (Lipinski definition) is 14. The molecule has 7 unspecified atom stereocenters. The lowest BCUT2D eigenvalue weighted by atomic mass is 10.1. The third-order valence-corrected chi connectivity index (χ3v) is 13.3. The van der Waals surface area contributed by atoms with Gasteiger partial charge in [-0.3, -0.25) is 9.09 Å². The Morgan fingerprint density at radius 3 is 1.51 bits per heavy atom. The quantitative estimate of drug-likeness (QED) is 0.126. The van der Waals surface area contributed by atoms with E-state index in [1.807, 2.05) is 0 Å². The Balaban J connectivity index is 2.77. The molecule has 0 aliphatic carbocycles. The van der Waals surface area contributed by atoms with Crippen molar-refractivity contribution >= 4 is 46.7 Å². The first-order chi connectivity index (χ1) is 15.5. The fourth-order valence-corrected chi connectivity index (χ4v) is 10.8. The van der Waals surface area contributed by atoms with Gasteiger partial charge in [-0.25, -0.2) is 27.1 Å². The molecule has 210 valence electrons. The van der Waals surface area contributed by atoms with Crippen molar-refractivity contribution in [3.05, 3.63) is 0 Å². The zero-order chi connectivity index (χ0) is 27.5. The highest BCUT2D eigenvalue weighted by Gasteiger charge is 2.49. The minimum Gasteiger partial charge on any atom is -0.390 e. The van der Waals surface area contributed by atoms with Crippen LogP contribution in [0.15, 0.2) is 0 Å². The molecule has 0 amide bonds. The van der Waals surface area contributed by atoms with E-state index in [1.165, 1.54) is 6.92 Å². The van der Waals surface area contributed by atoms with Gasteiger partial charge in [0, 0.05) is 6.42 Å². The molecular formula is C9H24O20P6. The molecule has 20 nitrogen and oxygen atoms in total. The molecule has 0 radical (unpaired) electrons. The summed E-state index contributed by atoms with van der Waals surface area (Å²) in [4.78, 5) is 56.2. The number of aliphatic hydroxyl groups excluding tert-OH is 1. The van der Waals surface area contributed by atoms with Gasteiger partial charge < -0.3 is 39.2 Å². The highest BCUT2D eigenvalue weighted by molar-refractivity contribution is 7.72. The Morgan fingerprint density at radius 2 is 1.14 bits per heavy atom. The van der Waals surface area contributed by atoms with Gasteiger partial charge in [-0.15, -0.1) is 0 Å². The van der Waals surface area contributed by atoms with Crippen LogP contribution in [0.25, 0.3) is 0 Å². The van der Waals surface area contributed by atoms with E-state index >= 15 is 0 Å². The van der Waals surface area contributed by atoms with Crippen LogP contribution in [0.4, 0.5) is 0 Å². The van der Waals surface area contributed by atoms with Gasteiger partial charge in [-0.1, -0.05) is 6.92 Å². The molecule has 1 rings (SSSR count). The number of phosphoric ester groups is 1. The lowest BCUT2D eigenvalue weighted by Gasteiger charge is -2.21. The standard InChI is InChI=1S/C9H24O20P6/c1-3-4-30(11,12)25-32(15,16)27-34(19,20)29-35(21,22)28-33(17,18)26-31(13,14)23-6-9-8(10)5-7(2)24-9/h7-10H,3-6H2,1-2H3,(H,11,12)(H,13,14)(H,15,16)(H,17,18)(H,19,20)(H,21,22)/t7-,8?,9+/m0/s1. The SMILES string of the molecule is CCCP(=O)(O)OP(=O)(O)OP(=O)(O)OP(=O)(O)OP(=O)(O)OP(=O)(O)OC[C@H]1O[C@@H](C)CC1O. The molecule has 0 saturated carbocycles. The lowest BCUT2D eigenvalue weighted by molar-refractivity contribution is -0.0167. The van der Waals surface area contributed by atoms with Gasteiger partial charge in [0.2, 0.25) is 0 Å². The molecule has 1 aliphatic heterocycles. The molecule has 1 heterocycles. The monoisotopic (exact) mass is 638 g/mol. The molecule has 26 heteroatoms. The van der Waals surface area contributed by atoms with Crippen molar-refractivity contribution in [1.82, 2.24) is 0 Å². The zero-order valence-corrected chi connectivity index (χ0v) is 23.0. The van der Waals surface area contributed by atoms with Crippen molar-refractivity contribution in [1.29, 1.82) is 0 Å². The van der Waals surface area contributed by atoms with Crippen LogP contribution in [0, 0.1) is 0 Å². The van der Waals surface area contributed by atoms with E-state index in [0.717, 1.165) is 0 Å². The first-order valence-corrected chi connectivity index (χ1v) is 18.2. The normalized spacial score (nSPS) is 31.3. The maximum atomic E-state index is 11.8. The molecule has 1 fully saturated rings. The van der Waals surface area contributed by atoms with E-state index in [-0.39, 0.29) is 12.8 Å². The van der Waals surface area contributed by atoms with Crippen LogP contribution in [0.1, 0.15) is 26.7 Å². The molecule has 1 aliphatic rings. The van der Waals surface area contributed by atoms with Crippen molar-refractivity contribution in [2.24, 2.45) is 0 Å². The number of hydrogen-bond donors (Lipinski definition) is 7. The van der Waals surface area contributed by atoms with Crippen molar-refractivity contribution < 1.29 is 92.7 Å². The van der Waals surface area contributed by atoms with Gasteiger partial charge >= 0.3 is 46.7 Å². The number of ether oxygens (including phenoxy) is 1. The van der Waals surface area contributed by atoms with Gasteiger partial charge in [0.25, 0.3) is 0 Å². The highest BCUT2D eigenvalue weighted by Crippen LogP contribution is 2.75. The Morgan fingerprint density at radius 1 is 0.743 bits per heavy atom. The fraction of sp³-hybridized carbons (Fsp3) is 1.00. The summed E-state index contributed by atoms with van der Waals surface area (Å²) in [7, 11) is -34.9. The second-order valence-electron chi connectivity index (χ2n) is 6.70. The van der Waals surface area contributed by atoms with Crippen LogP contribution in [0.3, 0.4) is 0 Å². The Hall–Kier alpha value is 0.820. The average molecular weight is 638 g/mol. The van der Waals surface area contributed by atoms with Gasteiger partial charge in [0.1, 0.15) is 6.10 Å². The second-order valence-corrected chi connectivity index (χ2v) is 16.6. The summed E-state index contributed by atoms with van der Waals surface area (Å²) in [5.74, 6) is 0. The summed E-state index contributed by atoms with van der Waals surface area (Å²) in [6, 6.07) is 0. The largest absolute Gasteiger partial charge is 0.490 e. The minimum atomic E-state index is -6.28. The molecule has 1 saturated heterocycles. The highest BCUT2D eigenvalue weighted by atomic mass is 31.3. The fourth-order valence-electron chi connectivity index (χ4n) is 2.34. The Labute approximate surface area is 197 Å². The molecule has 0 aromatic heterocycles. The molecule has 0 spiro atoms. The summed E-state index contributed by atoms with van der Waals surface area (Å²) >= 11 is 0. The van der Waals surface area contributed by atoms with Crippen molar-refractivity contribution in [2.45, 2.75) is 45.0 Å². The van der Waals surface area contributed by atoms with Crippen molar-refractivity contribution in [2.75, 3.05) is 12.8 Å². The molecular weight excluding hydrogens is 614 g/mol. The maximum Gasteiger partial charge on any atom is 0.490 e. The van der Waals surface area contributed by atoms with Gasteiger partial charge in [0.15, 0.2) is 0 Å². The van der Waals surface area contributed by atoms with Gasteiger partial charge in [-0.05, 0) is 13.3 Å². The van der Waals surface area contributed by atoms with Crippen LogP contribution in [-0.2, 0) is 58.2 Å². The second kappa shape index (κ2) is 12.3. The van der Waals surface area contributed by atoms with E-state index in [1.54, 1.807) is 6.92 Å². The molecule has 0 bridgehead atoms. The predicted octanol–water partition coefficient (Wildman–Crippen LogP) is 1.72. The van der Waals surface area contributed by atoms with Crippen molar-refractivity contribution in [3.63, 3.8) is 0 Å². The maximum absolute atomic E-state index is 11.8. The van der Waals surface area contributed by atoms with Crippen LogP contribution >= 0.6 is 46.7 Å². The summed E-state index contributed by atoms with van der Waals surface area (Å²) in [6.07, 6.45) is -3.31. The van der Waals surface area contributed by atoms with Crippen LogP contribution in [0.2, 0.25) is 0 Å². The van der Waals surface area contributed by atoms with E-state index in [4.69, 9.17) is 4.74 Å². The first-order valence-electron chi connectivity index (χ1n) is 8.98. The van der Waals surface area contributed by atoms with E-state index < -0.39 is 77.8 Å². The topological polar surface area (TPSA) is 309 Å². The van der Waals surface area contributed by atoms with Crippen LogP contribution in [0.5, 0.6) is 0 Å². The smallest absolute Gasteiger partial charge is 0.390 e. The molecule has 0 aromatic rings. The Kier molecular flexibility index (Phi) is 11.9. The lowest BCUT2D eigenvalue weighted by Crippen LogP contribution is -2.26. The van der Waals surface area contributed by atoms with Crippen LogP contribution < -0.4 is 0 Å². The summed E-state index contributed by atoms with van der Waals surface area (Å²) in [5.41, 5.74) is 0. The third-order valence-electron chi connectivity index (χ3n) is 3.37. The number of rotatable bonds is 15. The van der Waals surface area contributed by atoms with Crippen LogP contribution in [-0.4, -0.2) is 65.5 Å². The van der Waals surface area contributed by atoms with E-state index in [9.17, 15) is 61.9 Å². The van der Waals surface area contributed by atoms with E-state index in [0.29, 0.717) is 0 Å². The Bertz CT molecular complexity index is 1020. The molecule has 9 atom stereocenters. The van der Waals surface area contributed by atoms with Gasteiger partial charge in [-0.2, -0.15) is 17.2 Å².